The zero-order valence-electron chi connectivity index (χ0n) is 8.66. The topological polar surface area (TPSA) is 63.3 Å². The monoisotopic (exact) mass is 205 g/mol. The van der Waals surface area contributed by atoms with E-state index >= 15 is 0 Å². The van der Waals surface area contributed by atoms with Crippen LogP contribution in [0.25, 0.3) is 0 Å². The summed E-state index contributed by atoms with van der Waals surface area (Å²) in [7, 11) is 0. The van der Waals surface area contributed by atoms with Gasteiger partial charge in [0.25, 0.3) is 0 Å². The fraction of sp³-hybridized carbons (Fsp3) is 0.889. The first kappa shape index (κ1) is 12.8. The molecule has 0 aromatic carbocycles. The van der Waals surface area contributed by atoms with Crippen molar-refractivity contribution in [3.05, 3.63) is 0 Å². The first-order valence-corrected chi connectivity index (χ1v) is 4.77. The number of carboxylic acids is 1. The predicted octanol–water partition coefficient (Wildman–Crippen LogP) is 1.52. The van der Waals surface area contributed by atoms with E-state index in [0.29, 0.717) is 6.42 Å². The Kier molecular flexibility index (Phi) is 3.82. The predicted molar refractivity (Wildman–Crippen MR) is 57.1 cm³/mol. The molecule has 0 aromatic heterocycles. The number of carbonyl (C=O) groups is 1. The van der Waals surface area contributed by atoms with Gasteiger partial charge in [0.05, 0.1) is 0 Å². The van der Waals surface area contributed by atoms with Crippen LogP contribution in [0.2, 0.25) is 0 Å². The van der Waals surface area contributed by atoms with Crippen LogP contribution in [0, 0.1) is 5.92 Å². The van der Waals surface area contributed by atoms with E-state index < -0.39 is 11.5 Å². The molecule has 2 unspecified atom stereocenters. The van der Waals surface area contributed by atoms with Gasteiger partial charge in [-0.15, -0.1) is 0 Å². The maximum Gasteiger partial charge on any atom is 0.323 e. The summed E-state index contributed by atoms with van der Waals surface area (Å²) in [4.78, 5) is 10.8. The molecule has 0 aromatic rings. The Morgan fingerprint density at radius 2 is 1.92 bits per heavy atom. The van der Waals surface area contributed by atoms with Gasteiger partial charge in [-0.2, -0.15) is 12.6 Å². The van der Waals surface area contributed by atoms with Crippen molar-refractivity contribution in [2.24, 2.45) is 11.7 Å². The first-order chi connectivity index (χ1) is 5.57. The SMILES string of the molecule is CC(CC(C)(C)S)C(C)(N)C(=O)O. The van der Waals surface area contributed by atoms with Crippen LogP contribution in [-0.4, -0.2) is 21.4 Å². The van der Waals surface area contributed by atoms with E-state index in [2.05, 4.69) is 12.6 Å². The molecule has 0 heterocycles. The molecule has 3 nitrogen and oxygen atoms in total. The molecule has 0 aliphatic carbocycles. The lowest BCUT2D eigenvalue weighted by Gasteiger charge is -2.31. The molecular weight excluding hydrogens is 186 g/mol. The van der Waals surface area contributed by atoms with Gasteiger partial charge in [-0.1, -0.05) is 20.8 Å². The second-order valence-corrected chi connectivity index (χ2v) is 5.72. The number of hydrogen-bond acceptors (Lipinski definition) is 3. The highest BCUT2D eigenvalue weighted by Gasteiger charge is 2.36. The third-order valence-corrected chi connectivity index (χ3v) is 2.47. The molecule has 78 valence electrons. The Labute approximate surface area is 85.1 Å². The molecule has 3 N–H and O–H groups in total. The minimum atomic E-state index is -1.17. The van der Waals surface area contributed by atoms with Crippen LogP contribution in [0.3, 0.4) is 0 Å². The summed E-state index contributed by atoms with van der Waals surface area (Å²) in [5.41, 5.74) is 4.51. The molecule has 0 amide bonds. The zero-order valence-corrected chi connectivity index (χ0v) is 9.56. The van der Waals surface area contributed by atoms with Crippen LogP contribution < -0.4 is 5.73 Å². The van der Waals surface area contributed by atoms with Gasteiger partial charge in [-0.3, -0.25) is 4.79 Å². The van der Waals surface area contributed by atoms with Crippen LogP contribution in [0.1, 0.15) is 34.1 Å². The molecule has 0 saturated carbocycles. The van der Waals surface area contributed by atoms with E-state index in [1.165, 1.54) is 0 Å². The average Bonchev–Trinajstić information content (AvgIpc) is 1.82. The fourth-order valence-electron chi connectivity index (χ4n) is 1.17. The number of carboxylic acid groups (broad SMARTS) is 1. The molecule has 13 heavy (non-hydrogen) atoms. The smallest absolute Gasteiger partial charge is 0.323 e. The second kappa shape index (κ2) is 3.88. The third-order valence-electron chi connectivity index (χ3n) is 2.29. The third kappa shape index (κ3) is 4.00. The van der Waals surface area contributed by atoms with Crippen molar-refractivity contribution in [1.29, 1.82) is 0 Å². The van der Waals surface area contributed by atoms with E-state index in [1.807, 2.05) is 20.8 Å². The Morgan fingerprint density at radius 3 is 2.15 bits per heavy atom. The Bertz CT molecular complexity index is 196. The number of hydrogen-bond donors (Lipinski definition) is 3. The molecule has 0 radical (unpaired) electrons. The number of nitrogens with two attached hydrogens (primary N) is 1. The molecule has 0 saturated heterocycles. The van der Waals surface area contributed by atoms with Gasteiger partial charge in [0.15, 0.2) is 0 Å². The van der Waals surface area contributed by atoms with Crippen LogP contribution >= 0.6 is 12.6 Å². The lowest BCUT2D eigenvalue weighted by atomic mass is 9.82. The van der Waals surface area contributed by atoms with Crippen molar-refractivity contribution >= 4 is 18.6 Å². The van der Waals surface area contributed by atoms with Crippen LogP contribution in [0.5, 0.6) is 0 Å². The first-order valence-electron chi connectivity index (χ1n) is 4.32. The van der Waals surface area contributed by atoms with E-state index in [4.69, 9.17) is 10.8 Å². The van der Waals surface area contributed by atoms with E-state index in [-0.39, 0.29) is 10.7 Å². The summed E-state index contributed by atoms with van der Waals surface area (Å²) in [6.07, 6.45) is 0.676. The van der Waals surface area contributed by atoms with E-state index in [9.17, 15) is 4.79 Å². The maximum absolute atomic E-state index is 10.8. The highest BCUT2D eigenvalue weighted by Crippen LogP contribution is 2.28. The Balaban J connectivity index is 4.43. The van der Waals surface area contributed by atoms with Crippen molar-refractivity contribution in [2.75, 3.05) is 0 Å². The summed E-state index contributed by atoms with van der Waals surface area (Å²) < 4.78 is -0.185. The minimum absolute atomic E-state index is 0.0995. The molecule has 0 aliphatic heterocycles. The van der Waals surface area contributed by atoms with Gasteiger partial charge in [0.2, 0.25) is 0 Å². The number of aliphatic carboxylic acids is 1. The Hall–Kier alpha value is -0.220. The van der Waals surface area contributed by atoms with Crippen molar-refractivity contribution < 1.29 is 9.90 Å². The molecule has 0 fully saturated rings. The van der Waals surface area contributed by atoms with Gasteiger partial charge in [0, 0.05) is 4.75 Å². The van der Waals surface area contributed by atoms with Crippen LogP contribution in [-0.2, 0) is 4.79 Å². The lowest BCUT2D eigenvalue weighted by Crippen LogP contribution is -2.51. The zero-order chi connectivity index (χ0) is 10.9. The van der Waals surface area contributed by atoms with Crippen LogP contribution in [0.4, 0.5) is 0 Å². The maximum atomic E-state index is 10.8. The number of thiol groups is 1. The largest absolute Gasteiger partial charge is 0.480 e. The highest BCUT2D eigenvalue weighted by atomic mass is 32.1. The van der Waals surface area contributed by atoms with Crippen molar-refractivity contribution in [3.63, 3.8) is 0 Å². The van der Waals surface area contributed by atoms with Gasteiger partial charge in [-0.25, -0.2) is 0 Å². The van der Waals surface area contributed by atoms with E-state index in [0.717, 1.165) is 0 Å². The summed E-state index contributed by atoms with van der Waals surface area (Å²) in [6.45, 7) is 7.28. The average molecular weight is 205 g/mol. The molecule has 0 spiro atoms. The molecular formula is C9H19NO2S. The van der Waals surface area contributed by atoms with E-state index in [1.54, 1.807) is 6.92 Å². The van der Waals surface area contributed by atoms with Crippen molar-refractivity contribution in [3.8, 4) is 0 Å². The Morgan fingerprint density at radius 1 is 1.54 bits per heavy atom. The molecule has 0 bridgehead atoms. The van der Waals surface area contributed by atoms with Gasteiger partial charge in [-0.05, 0) is 19.3 Å². The summed E-state index contributed by atoms with van der Waals surface area (Å²) in [6, 6.07) is 0. The standard InChI is InChI=1S/C9H19NO2S/c1-6(5-8(2,3)13)9(4,10)7(11)12/h6,13H,5,10H2,1-4H3,(H,11,12). The summed E-state index contributed by atoms with van der Waals surface area (Å²) in [5, 5.41) is 8.86. The number of rotatable bonds is 4. The van der Waals surface area contributed by atoms with Crippen LogP contribution in [0.15, 0.2) is 0 Å². The van der Waals surface area contributed by atoms with Gasteiger partial charge < -0.3 is 10.8 Å². The quantitative estimate of drug-likeness (QED) is 0.610. The normalized spacial score (nSPS) is 19.2. The summed E-state index contributed by atoms with van der Waals surface area (Å²) >= 11 is 4.35. The molecule has 4 heteroatoms. The van der Waals surface area contributed by atoms with Gasteiger partial charge in [0.1, 0.15) is 5.54 Å². The van der Waals surface area contributed by atoms with Gasteiger partial charge >= 0.3 is 5.97 Å². The van der Waals surface area contributed by atoms with Crippen molar-refractivity contribution in [2.45, 2.75) is 44.4 Å². The molecule has 0 aliphatic rings. The molecule has 0 rings (SSSR count). The lowest BCUT2D eigenvalue weighted by molar-refractivity contribution is -0.144. The summed E-state index contributed by atoms with van der Waals surface area (Å²) in [5.74, 6) is -1.06. The minimum Gasteiger partial charge on any atom is -0.480 e. The van der Waals surface area contributed by atoms with Crippen molar-refractivity contribution in [1.82, 2.24) is 0 Å². The highest BCUT2D eigenvalue weighted by molar-refractivity contribution is 7.81. The molecule has 2 atom stereocenters. The fourth-order valence-corrected chi connectivity index (χ4v) is 1.45. The second-order valence-electron chi connectivity index (χ2n) is 4.51.